The van der Waals surface area contributed by atoms with Gasteiger partial charge in [0.15, 0.2) is 0 Å². The highest BCUT2D eigenvalue weighted by Gasteiger charge is 2.90. The molecule has 4 saturated carbocycles. The molecule has 5 aliphatic carbocycles. The summed E-state index contributed by atoms with van der Waals surface area (Å²) in [5.41, 5.74) is -4.48. The molecule has 0 amide bonds. The molecule has 13 unspecified atom stereocenters. The normalized spacial score (nSPS) is 61.9. The molecule has 32 heavy (non-hydrogen) atoms. The molecule has 8 nitrogen and oxygen atoms in total. The van der Waals surface area contributed by atoms with Crippen molar-refractivity contribution in [1.82, 2.24) is 4.90 Å². The van der Waals surface area contributed by atoms with E-state index in [1.807, 2.05) is 6.08 Å². The third kappa shape index (κ3) is 1.95. The molecule has 6 rings (SSSR count). The van der Waals surface area contributed by atoms with E-state index in [0.29, 0.717) is 26.1 Å². The Morgan fingerprint density at radius 2 is 1.88 bits per heavy atom. The van der Waals surface area contributed by atoms with Crippen LogP contribution in [0.3, 0.4) is 0 Å². The largest absolute Gasteiger partial charge is 0.392 e. The van der Waals surface area contributed by atoms with Crippen molar-refractivity contribution in [2.24, 2.45) is 34.5 Å². The molecular weight excluding hydrogens is 414 g/mol. The Kier molecular flexibility index (Phi) is 4.48. The first-order valence-corrected chi connectivity index (χ1v) is 12.0. The summed E-state index contributed by atoms with van der Waals surface area (Å²) in [6, 6.07) is -0.493. The zero-order chi connectivity index (χ0) is 22.8. The van der Waals surface area contributed by atoms with Crippen molar-refractivity contribution in [1.29, 1.82) is 0 Å². The van der Waals surface area contributed by atoms with Gasteiger partial charge in [-0.1, -0.05) is 19.1 Å². The van der Waals surface area contributed by atoms with Gasteiger partial charge in [0, 0.05) is 62.9 Å². The lowest BCUT2D eigenvalue weighted by Gasteiger charge is -2.68. The number of piperidine rings is 1. The van der Waals surface area contributed by atoms with Gasteiger partial charge in [-0.15, -0.1) is 0 Å². The first-order chi connectivity index (χ1) is 15.2. The van der Waals surface area contributed by atoms with Gasteiger partial charge in [0.05, 0.1) is 37.1 Å². The lowest BCUT2D eigenvalue weighted by Crippen LogP contribution is -2.81. The fourth-order valence-electron chi connectivity index (χ4n) is 10.2. The zero-order valence-electron chi connectivity index (χ0n) is 19.3. The van der Waals surface area contributed by atoms with Gasteiger partial charge in [0.25, 0.3) is 0 Å². The van der Waals surface area contributed by atoms with Gasteiger partial charge in [-0.25, -0.2) is 0 Å². The molecule has 7 bridgehead atoms. The van der Waals surface area contributed by atoms with Gasteiger partial charge in [0.1, 0.15) is 11.2 Å². The highest BCUT2D eigenvalue weighted by molar-refractivity contribution is 5.44. The summed E-state index contributed by atoms with van der Waals surface area (Å²) in [4.78, 5) is 2.23. The van der Waals surface area contributed by atoms with Gasteiger partial charge in [0.2, 0.25) is 0 Å². The Morgan fingerprint density at radius 1 is 1.12 bits per heavy atom. The fraction of sp³-hybridized carbons (Fsp3) is 0.917. The monoisotopic (exact) mass is 451 g/mol. The smallest absolute Gasteiger partial charge is 0.136 e. The van der Waals surface area contributed by atoms with Crippen molar-refractivity contribution in [2.45, 2.75) is 61.4 Å². The standard InChI is InChI=1S/C24H37NO7/c1-5-25-10-21(11-30-2)7-6-15(26)23-13-8-12-14(31-3)9-22(28,16(13)17(12)27)24(29,20(23)25)19(32-4)18(21)23/h6-7,12-20,26-29H,5,8-11H2,1-4H3. The second kappa shape index (κ2) is 6.55. The van der Waals surface area contributed by atoms with Crippen molar-refractivity contribution < 1.29 is 34.6 Å². The van der Waals surface area contributed by atoms with Crippen molar-refractivity contribution >= 4 is 0 Å². The van der Waals surface area contributed by atoms with Crippen molar-refractivity contribution in [2.75, 3.05) is 41.0 Å². The zero-order valence-corrected chi connectivity index (χ0v) is 19.3. The van der Waals surface area contributed by atoms with E-state index < -0.39 is 52.3 Å². The average molecular weight is 452 g/mol. The number of likely N-dealkylation sites (N-methyl/N-ethyl adjacent to an activating group) is 1. The first-order valence-electron chi connectivity index (χ1n) is 12.0. The van der Waals surface area contributed by atoms with Crippen LogP contribution in [0.4, 0.5) is 0 Å². The Balaban J connectivity index is 1.68. The van der Waals surface area contributed by atoms with Crippen LogP contribution in [0.25, 0.3) is 0 Å². The molecule has 6 aliphatic rings. The molecule has 0 aromatic heterocycles. The molecule has 1 aliphatic heterocycles. The predicted octanol–water partition coefficient (Wildman–Crippen LogP) is -0.607. The van der Waals surface area contributed by atoms with Crippen molar-refractivity contribution in [3.8, 4) is 0 Å². The SMILES string of the molecule is CCN1CC2(COC)C=CC(O)C34C5CC6C(OC)CC(O)(C5C6O)C(O)(C(OC)C23)C14. The fourth-order valence-corrected chi connectivity index (χ4v) is 10.2. The van der Waals surface area contributed by atoms with Gasteiger partial charge in [-0.2, -0.15) is 0 Å². The van der Waals surface area contributed by atoms with E-state index >= 15 is 0 Å². The van der Waals surface area contributed by atoms with E-state index in [-0.39, 0.29) is 30.3 Å². The maximum Gasteiger partial charge on any atom is 0.136 e. The molecule has 5 fully saturated rings. The molecular formula is C24H37NO7. The van der Waals surface area contributed by atoms with Crippen LogP contribution in [0.5, 0.6) is 0 Å². The summed E-state index contributed by atoms with van der Waals surface area (Å²) < 4.78 is 17.6. The summed E-state index contributed by atoms with van der Waals surface area (Å²) in [6.07, 6.45) is 2.16. The number of hydrogen-bond donors (Lipinski definition) is 4. The molecule has 0 aromatic rings. The minimum atomic E-state index is -1.67. The van der Waals surface area contributed by atoms with Crippen LogP contribution in [-0.4, -0.2) is 108 Å². The number of aliphatic hydroxyl groups is 4. The van der Waals surface area contributed by atoms with E-state index in [0.717, 1.165) is 0 Å². The Labute approximate surface area is 189 Å². The maximum atomic E-state index is 12.8. The highest BCUT2D eigenvalue weighted by atomic mass is 16.5. The minimum absolute atomic E-state index is 0.126. The van der Waals surface area contributed by atoms with Gasteiger partial charge in [-0.05, 0) is 18.9 Å². The van der Waals surface area contributed by atoms with E-state index in [1.165, 1.54) is 0 Å². The average Bonchev–Trinajstić information content (AvgIpc) is 3.14. The van der Waals surface area contributed by atoms with E-state index in [1.54, 1.807) is 21.3 Å². The number of nitrogens with zero attached hydrogens (tertiary/aromatic N) is 1. The number of rotatable bonds is 5. The summed E-state index contributed by atoms with van der Waals surface area (Å²) in [5.74, 6) is -1.08. The number of likely N-dealkylation sites (tertiary alicyclic amines) is 1. The van der Waals surface area contributed by atoms with Crippen molar-refractivity contribution in [3.05, 3.63) is 12.2 Å². The van der Waals surface area contributed by atoms with Crippen LogP contribution in [-0.2, 0) is 14.2 Å². The molecule has 8 heteroatoms. The molecule has 4 N–H and O–H groups in total. The summed E-state index contributed by atoms with van der Waals surface area (Å²) >= 11 is 0. The van der Waals surface area contributed by atoms with Crippen LogP contribution in [0, 0.1) is 34.5 Å². The summed E-state index contributed by atoms with van der Waals surface area (Å²) in [7, 11) is 4.88. The van der Waals surface area contributed by atoms with Gasteiger partial charge in [-0.3, -0.25) is 4.90 Å². The van der Waals surface area contributed by atoms with Crippen LogP contribution in [0.2, 0.25) is 0 Å². The topological polar surface area (TPSA) is 112 Å². The molecule has 0 aromatic carbocycles. The number of fused-ring (bicyclic) bond motifs is 2. The maximum absolute atomic E-state index is 12.8. The summed E-state index contributed by atoms with van der Waals surface area (Å²) in [5, 5.41) is 48.4. The number of ether oxygens (including phenoxy) is 3. The van der Waals surface area contributed by atoms with E-state index in [9.17, 15) is 20.4 Å². The lowest BCUT2D eigenvalue weighted by atomic mass is 9.44. The first kappa shape index (κ1) is 21.9. The summed E-state index contributed by atoms with van der Waals surface area (Å²) in [6.45, 7) is 3.82. The van der Waals surface area contributed by atoms with E-state index in [2.05, 4.69) is 17.9 Å². The van der Waals surface area contributed by atoms with Crippen LogP contribution in [0.15, 0.2) is 12.2 Å². The number of aliphatic hydroxyl groups excluding tert-OH is 2. The number of methoxy groups -OCH3 is 3. The molecule has 180 valence electrons. The van der Waals surface area contributed by atoms with Crippen LogP contribution >= 0.6 is 0 Å². The molecule has 13 atom stereocenters. The molecule has 1 saturated heterocycles. The van der Waals surface area contributed by atoms with Gasteiger partial charge < -0.3 is 34.6 Å². The Bertz CT molecular complexity index is 839. The lowest BCUT2D eigenvalue weighted by molar-refractivity contribution is -0.310. The van der Waals surface area contributed by atoms with E-state index in [4.69, 9.17) is 14.2 Å². The highest BCUT2D eigenvalue weighted by Crippen LogP contribution is 2.79. The minimum Gasteiger partial charge on any atom is -0.392 e. The second-order valence-electron chi connectivity index (χ2n) is 11.3. The molecule has 1 heterocycles. The van der Waals surface area contributed by atoms with Gasteiger partial charge >= 0.3 is 0 Å². The quantitative estimate of drug-likeness (QED) is 0.410. The number of hydrogen-bond acceptors (Lipinski definition) is 8. The molecule has 0 radical (unpaired) electrons. The van der Waals surface area contributed by atoms with Crippen LogP contribution < -0.4 is 0 Å². The predicted molar refractivity (Wildman–Crippen MR) is 114 cm³/mol. The Morgan fingerprint density at radius 3 is 2.50 bits per heavy atom. The second-order valence-corrected chi connectivity index (χ2v) is 11.3. The molecule has 1 spiro atoms. The van der Waals surface area contributed by atoms with Crippen molar-refractivity contribution in [3.63, 3.8) is 0 Å². The third-order valence-corrected chi connectivity index (χ3v) is 10.8. The van der Waals surface area contributed by atoms with Crippen LogP contribution in [0.1, 0.15) is 19.8 Å². The third-order valence-electron chi connectivity index (χ3n) is 10.8. The Hall–Kier alpha value is -0.580.